The number of hydrogen-bond donors (Lipinski definition) is 1. The van der Waals surface area contributed by atoms with E-state index in [1.54, 1.807) is 0 Å². The first-order chi connectivity index (χ1) is 8.29. The van der Waals surface area contributed by atoms with E-state index >= 15 is 0 Å². The summed E-state index contributed by atoms with van der Waals surface area (Å²) in [6, 6.07) is 3.49. The fourth-order valence-corrected chi connectivity index (χ4v) is 1.72. The van der Waals surface area contributed by atoms with Crippen LogP contribution in [0.15, 0.2) is 18.2 Å². The number of anilines is 1. The third kappa shape index (κ3) is 5.14. The van der Waals surface area contributed by atoms with Gasteiger partial charge in [0.1, 0.15) is 0 Å². The molecule has 0 heterocycles. The van der Waals surface area contributed by atoms with Gasteiger partial charge in [0, 0.05) is 17.3 Å². The molecular weight excluding hydrogens is 265 g/mol. The van der Waals surface area contributed by atoms with E-state index in [0.717, 1.165) is 25.1 Å². The average Bonchev–Trinajstić information content (AvgIpc) is 2.22. The van der Waals surface area contributed by atoms with Crippen molar-refractivity contribution in [1.82, 2.24) is 4.90 Å². The summed E-state index contributed by atoms with van der Waals surface area (Å²) < 4.78 is 37.6. The predicted octanol–water partition coefficient (Wildman–Crippen LogP) is 3.72. The van der Waals surface area contributed by atoms with Crippen molar-refractivity contribution in [2.75, 3.05) is 32.5 Å². The van der Waals surface area contributed by atoms with Crippen LogP contribution in [0.5, 0.6) is 0 Å². The zero-order valence-electron chi connectivity index (χ0n) is 10.3. The number of rotatable bonds is 5. The van der Waals surface area contributed by atoms with Crippen LogP contribution in [0.1, 0.15) is 12.0 Å². The lowest BCUT2D eigenvalue weighted by Gasteiger charge is -2.13. The number of hydrogen-bond acceptors (Lipinski definition) is 2. The van der Waals surface area contributed by atoms with E-state index in [1.807, 2.05) is 19.0 Å². The molecule has 0 aliphatic rings. The molecule has 0 radical (unpaired) electrons. The second-order valence-corrected chi connectivity index (χ2v) is 4.75. The van der Waals surface area contributed by atoms with Gasteiger partial charge in [0.2, 0.25) is 0 Å². The maximum atomic E-state index is 12.5. The SMILES string of the molecule is CN(C)CCCNc1cc(Cl)cc(C(F)(F)F)c1. The molecule has 0 aliphatic heterocycles. The second kappa shape index (κ2) is 6.29. The molecule has 1 aromatic rings. The molecule has 0 aliphatic carbocycles. The van der Waals surface area contributed by atoms with E-state index in [2.05, 4.69) is 5.32 Å². The summed E-state index contributed by atoms with van der Waals surface area (Å²) in [4.78, 5) is 2.01. The first kappa shape index (κ1) is 15.1. The Bertz CT molecular complexity index is 391. The molecule has 0 amide bonds. The van der Waals surface area contributed by atoms with Gasteiger partial charge in [0.25, 0.3) is 0 Å². The Morgan fingerprint density at radius 3 is 2.44 bits per heavy atom. The van der Waals surface area contributed by atoms with Gasteiger partial charge in [-0.1, -0.05) is 11.6 Å². The van der Waals surface area contributed by atoms with Crippen molar-refractivity contribution >= 4 is 17.3 Å². The van der Waals surface area contributed by atoms with Gasteiger partial charge < -0.3 is 10.2 Å². The predicted molar refractivity (Wildman–Crippen MR) is 68.1 cm³/mol. The highest BCUT2D eigenvalue weighted by Crippen LogP contribution is 2.33. The average molecular weight is 281 g/mol. The lowest BCUT2D eigenvalue weighted by Crippen LogP contribution is -2.16. The van der Waals surface area contributed by atoms with Crippen molar-refractivity contribution in [3.8, 4) is 0 Å². The van der Waals surface area contributed by atoms with Gasteiger partial charge in [-0.15, -0.1) is 0 Å². The van der Waals surface area contributed by atoms with Crippen LogP contribution < -0.4 is 5.32 Å². The molecule has 0 unspecified atom stereocenters. The number of alkyl halides is 3. The summed E-state index contributed by atoms with van der Waals surface area (Å²) >= 11 is 5.67. The minimum absolute atomic E-state index is 0.0833. The molecule has 6 heteroatoms. The molecular formula is C12H16ClF3N2. The van der Waals surface area contributed by atoms with Gasteiger partial charge in [-0.3, -0.25) is 0 Å². The lowest BCUT2D eigenvalue weighted by molar-refractivity contribution is -0.137. The van der Waals surface area contributed by atoms with E-state index in [1.165, 1.54) is 6.07 Å². The first-order valence-corrected chi connectivity index (χ1v) is 5.93. The fourth-order valence-electron chi connectivity index (χ4n) is 1.48. The molecule has 102 valence electrons. The van der Waals surface area contributed by atoms with Crippen LogP contribution in [0.25, 0.3) is 0 Å². The number of halogens is 4. The second-order valence-electron chi connectivity index (χ2n) is 4.31. The normalized spacial score (nSPS) is 11.9. The quantitative estimate of drug-likeness (QED) is 0.827. The molecule has 2 nitrogen and oxygen atoms in total. The largest absolute Gasteiger partial charge is 0.416 e. The molecule has 0 atom stereocenters. The van der Waals surface area contributed by atoms with E-state index in [0.29, 0.717) is 12.2 Å². The molecule has 1 aromatic carbocycles. The highest BCUT2D eigenvalue weighted by molar-refractivity contribution is 6.30. The molecule has 0 bridgehead atoms. The Morgan fingerprint density at radius 2 is 1.89 bits per heavy atom. The Balaban J connectivity index is 2.63. The van der Waals surface area contributed by atoms with Crippen LogP contribution >= 0.6 is 11.6 Å². The summed E-state index contributed by atoms with van der Waals surface area (Å²) in [5.41, 5.74) is -0.335. The standard InChI is InChI=1S/C12H16ClF3N2/c1-18(2)5-3-4-17-11-7-9(12(14,15)16)6-10(13)8-11/h6-8,17H,3-5H2,1-2H3. The Hall–Kier alpha value is -0.940. The molecule has 0 fully saturated rings. The van der Waals surface area contributed by atoms with Crippen molar-refractivity contribution in [3.05, 3.63) is 28.8 Å². The molecule has 0 saturated carbocycles. The number of nitrogens with zero attached hydrogens (tertiary/aromatic N) is 1. The first-order valence-electron chi connectivity index (χ1n) is 5.55. The maximum Gasteiger partial charge on any atom is 0.416 e. The van der Waals surface area contributed by atoms with Crippen molar-refractivity contribution in [3.63, 3.8) is 0 Å². The minimum atomic E-state index is -4.37. The van der Waals surface area contributed by atoms with Crippen LogP contribution in [0.2, 0.25) is 5.02 Å². The molecule has 1 rings (SSSR count). The third-order valence-corrected chi connectivity index (χ3v) is 2.55. The Kier molecular flexibility index (Phi) is 5.28. The summed E-state index contributed by atoms with van der Waals surface area (Å²) in [5.74, 6) is 0. The van der Waals surface area contributed by atoms with Crippen LogP contribution in [0, 0.1) is 0 Å². The molecule has 0 aromatic heterocycles. The van der Waals surface area contributed by atoms with Crippen LogP contribution in [0.3, 0.4) is 0 Å². The zero-order valence-corrected chi connectivity index (χ0v) is 11.1. The molecule has 0 saturated heterocycles. The van der Waals surface area contributed by atoms with Gasteiger partial charge >= 0.3 is 6.18 Å². The van der Waals surface area contributed by atoms with Gasteiger partial charge in [0.15, 0.2) is 0 Å². The van der Waals surface area contributed by atoms with Crippen molar-refractivity contribution < 1.29 is 13.2 Å². The van der Waals surface area contributed by atoms with Crippen LogP contribution in [-0.2, 0) is 6.18 Å². The van der Waals surface area contributed by atoms with Crippen molar-refractivity contribution in [2.24, 2.45) is 0 Å². The monoisotopic (exact) mass is 280 g/mol. The number of nitrogens with one attached hydrogen (secondary N) is 1. The van der Waals surface area contributed by atoms with E-state index in [4.69, 9.17) is 11.6 Å². The van der Waals surface area contributed by atoms with Gasteiger partial charge in [-0.2, -0.15) is 13.2 Å². The highest BCUT2D eigenvalue weighted by Gasteiger charge is 2.31. The maximum absolute atomic E-state index is 12.5. The van der Waals surface area contributed by atoms with Crippen molar-refractivity contribution in [1.29, 1.82) is 0 Å². The van der Waals surface area contributed by atoms with Gasteiger partial charge in [-0.25, -0.2) is 0 Å². The smallest absolute Gasteiger partial charge is 0.385 e. The Morgan fingerprint density at radius 1 is 1.22 bits per heavy atom. The summed E-state index contributed by atoms with van der Waals surface area (Å²) in [7, 11) is 3.89. The minimum Gasteiger partial charge on any atom is -0.385 e. The summed E-state index contributed by atoms with van der Waals surface area (Å²) in [5, 5.41) is 3.03. The van der Waals surface area contributed by atoms with Gasteiger partial charge in [0.05, 0.1) is 5.56 Å². The van der Waals surface area contributed by atoms with Crippen LogP contribution in [0.4, 0.5) is 18.9 Å². The topological polar surface area (TPSA) is 15.3 Å². The number of benzene rings is 1. The molecule has 1 N–H and O–H groups in total. The molecule has 0 spiro atoms. The Labute approximate surface area is 110 Å². The van der Waals surface area contributed by atoms with Crippen LogP contribution in [-0.4, -0.2) is 32.1 Å². The summed E-state index contributed by atoms with van der Waals surface area (Å²) in [6.07, 6.45) is -3.52. The highest BCUT2D eigenvalue weighted by atomic mass is 35.5. The lowest BCUT2D eigenvalue weighted by atomic mass is 10.2. The van der Waals surface area contributed by atoms with Gasteiger partial charge in [-0.05, 0) is 45.3 Å². The van der Waals surface area contributed by atoms with E-state index < -0.39 is 11.7 Å². The fraction of sp³-hybridized carbons (Fsp3) is 0.500. The van der Waals surface area contributed by atoms with E-state index in [9.17, 15) is 13.2 Å². The molecule has 18 heavy (non-hydrogen) atoms. The van der Waals surface area contributed by atoms with Crippen molar-refractivity contribution in [2.45, 2.75) is 12.6 Å². The zero-order chi connectivity index (χ0) is 13.8. The summed E-state index contributed by atoms with van der Waals surface area (Å²) in [6.45, 7) is 1.48. The third-order valence-electron chi connectivity index (χ3n) is 2.34. The van der Waals surface area contributed by atoms with E-state index in [-0.39, 0.29) is 5.02 Å².